The summed E-state index contributed by atoms with van der Waals surface area (Å²) in [7, 11) is 1.48. The summed E-state index contributed by atoms with van der Waals surface area (Å²) in [4.78, 5) is 26.9. The Balaban J connectivity index is 2.23. The molecular weight excluding hydrogens is 364 g/mol. The van der Waals surface area contributed by atoms with Crippen LogP contribution in [0.3, 0.4) is 0 Å². The van der Waals surface area contributed by atoms with Crippen LogP contribution in [0.4, 0.5) is 11.4 Å². The lowest BCUT2D eigenvalue weighted by Crippen LogP contribution is -2.19. The summed E-state index contributed by atoms with van der Waals surface area (Å²) in [6.07, 6.45) is 1.41. The van der Waals surface area contributed by atoms with Gasteiger partial charge in [-0.25, -0.2) is 13.5 Å². The van der Waals surface area contributed by atoms with Crippen molar-refractivity contribution in [2.45, 2.75) is 6.92 Å². The van der Waals surface area contributed by atoms with Crippen molar-refractivity contribution in [3.05, 3.63) is 48.2 Å². The first-order chi connectivity index (χ1) is 11.9. The van der Waals surface area contributed by atoms with Gasteiger partial charge in [0, 0.05) is 18.6 Å². The first-order valence-corrected chi connectivity index (χ1v) is 9.15. The molecule has 1 aromatic heterocycles. The Labute approximate surface area is 151 Å². The van der Waals surface area contributed by atoms with Crippen molar-refractivity contribution in [2.24, 2.45) is 0 Å². The molecule has 0 fully saturated rings. The van der Waals surface area contributed by atoms with Crippen molar-refractivity contribution in [3.63, 3.8) is 0 Å². The number of anilines is 2. The molecule has 7 nitrogen and oxygen atoms in total. The molecule has 0 aliphatic heterocycles. The van der Waals surface area contributed by atoms with E-state index in [1.807, 2.05) is 0 Å². The van der Waals surface area contributed by atoms with Crippen LogP contribution in [0.1, 0.15) is 17.3 Å². The Morgan fingerprint density at radius 3 is 2.32 bits per heavy atom. The first kappa shape index (κ1) is 19.1. The maximum atomic E-state index is 12.0. The number of carbonyl (C=O) groups is 2. The van der Waals surface area contributed by atoms with Gasteiger partial charge in [0.1, 0.15) is 0 Å². The van der Waals surface area contributed by atoms with Crippen LogP contribution in [-0.2, 0) is 16.1 Å². The minimum Gasteiger partial charge on any atom is -0.481 e. The summed E-state index contributed by atoms with van der Waals surface area (Å²) >= 11 is -1.38. The quantitative estimate of drug-likeness (QED) is 0.583. The molecule has 0 spiro atoms. The largest absolute Gasteiger partial charge is 0.481 e. The van der Waals surface area contributed by atoms with Gasteiger partial charge in [0.25, 0.3) is 11.3 Å². The van der Waals surface area contributed by atoms with Crippen molar-refractivity contribution < 1.29 is 23.1 Å². The van der Waals surface area contributed by atoms with Crippen molar-refractivity contribution in [1.29, 1.82) is 0 Å². The zero-order chi connectivity index (χ0) is 18.4. The maximum Gasteiger partial charge on any atom is 0.266 e. The van der Waals surface area contributed by atoms with Crippen LogP contribution in [-0.4, -0.2) is 37.5 Å². The number of nitrogens with zero attached hydrogens (tertiary/aromatic N) is 2. The highest BCUT2D eigenvalue weighted by Crippen LogP contribution is 2.27. The lowest BCUT2D eigenvalue weighted by atomic mass is 10.1. The summed E-state index contributed by atoms with van der Waals surface area (Å²) in [5, 5.41) is -0.126. The van der Waals surface area contributed by atoms with Crippen LogP contribution in [0, 0.1) is 0 Å². The number of rotatable bonds is 7. The van der Waals surface area contributed by atoms with E-state index in [-0.39, 0.29) is 16.7 Å². The molecule has 0 bridgehead atoms. The molecule has 0 saturated carbocycles. The van der Waals surface area contributed by atoms with Crippen molar-refractivity contribution in [3.8, 4) is 5.88 Å². The third-order valence-corrected chi connectivity index (χ3v) is 4.70. The molecule has 0 aliphatic carbocycles. The second-order valence-electron chi connectivity index (χ2n) is 4.83. The number of aromatic nitrogens is 1. The Hall–Kier alpha value is -2.23. The summed E-state index contributed by atoms with van der Waals surface area (Å²) < 4.78 is 27.4. The monoisotopic (exact) mass is 380 g/mol. The molecule has 132 valence electrons. The molecule has 1 N–H and O–H groups in total. The van der Waals surface area contributed by atoms with E-state index in [2.05, 4.69) is 4.98 Å². The topological polar surface area (TPSA) is 96.8 Å². The standard InChI is InChI=1S/C16H16N2O5S2/c1-11(19)24-10-15(20)12-3-5-13(6-4-12)18(25(21)22)14-7-8-16(23-2)17-9-14/h3-9H,10H2,1-2H3,(H,21,22). The molecule has 2 rings (SSSR count). The van der Waals surface area contributed by atoms with E-state index in [9.17, 15) is 18.4 Å². The van der Waals surface area contributed by atoms with Gasteiger partial charge in [0.2, 0.25) is 5.88 Å². The molecule has 0 amide bonds. The number of ketones is 1. The van der Waals surface area contributed by atoms with E-state index in [1.165, 1.54) is 20.2 Å². The van der Waals surface area contributed by atoms with Gasteiger partial charge >= 0.3 is 0 Å². The van der Waals surface area contributed by atoms with Gasteiger partial charge in [-0.2, -0.15) is 0 Å². The SMILES string of the molecule is COc1ccc(N(c2ccc(C(=O)CSC(C)=O)cc2)S(=O)O)cn1. The van der Waals surface area contributed by atoms with Crippen LogP contribution >= 0.6 is 11.8 Å². The van der Waals surface area contributed by atoms with Crippen LogP contribution in [0.2, 0.25) is 0 Å². The van der Waals surface area contributed by atoms with Gasteiger partial charge in [-0.1, -0.05) is 11.8 Å². The second-order valence-corrected chi connectivity index (χ2v) is 6.81. The van der Waals surface area contributed by atoms with Gasteiger partial charge < -0.3 is 4.74 Å². The van der Waals surface area contributed by atoms with Gasteiger partial charge in [-0.05, 0) is 30.3 Å². The predicted octanol–water partition coefficient (Wildman–Crippen LogP) is 2.83. The molecule has 0 saturated heterocycles. The molecule has 0 aliphatic rings. The lowest BCUT2D eigenvalue weighted by molar-refractivity contribution is -0.109. The fourth-order valence-electron chi connectivity index (χ4n) is 1.98. The van der Waals surface area contributed by atoms with Gasteiger partial charge in [0.15, 0.2) is 10.9 Å². The van der Waals surface area contributed by atoms with Crippen molar-refractivity contribution in [2.75, 3.05) is 17.2 Å². The average molecular weight is 380 g/mol. The third-order valence-electron chi connectivity index (χ3n) is 3.15. The third kappa shape index (κ3) is 5.12. The van der Waals surface area contributed by atoms with Crippen LogP contribution in [0.15, 0.2) is 42.6 Å². The molecule has 1 unspecified atom stereocenters. The number of pyridine rings is 1. The summed E-state index contributed by atoms with van der Waals surface area (Å²) in [6, 6.07) is 9.40. The van der Waals surface area contributed by atoms with Gasteiger partial charge in [-0.3, -0.25) is 14.1 Å². The molecular formula is C16H16N2O5S2. The molecule has 1 atom stereocenters. The van der Waals surface area contributed by atoms with Gasteiger partial charge in [0.05, 0.1) is 30.4 Å². The Morgan fingerprint density at radius 1 is 1.20 bits per heavy atom. The number of carbonyl (C=O) groups excluding carboxylic acids is 2. The molecule has 1 aromatic carbocycles. The fourth-order valence-corrected chi connectivity index (χ4v) is 3.07. The second kappa shape index (κ2) is 8.75. The van der Waals surface area contributed by atoms with Crippen molar-refractivity contribution in [1.82, 2.24) is 4.98 Å². The van der Waals surface area contributed by atoms with Crippen LogP contribution < -0.4 is 9.04 Å². The smallest absolute Gasteiger partial charge is 0.266 e. The molecule has 9 heteroatoms. The number of thioether (sulfide) groups is 1. The van der Waals surface area contributed by atoms with E-state index in [0.29, 0.717) is 22.8 Å². The minimum atomic E-state index is -2.32. The molecule has 0 radical (unpaired) electrons. The van der Waals surface area contributed by atoms with E-state index in [1.54, 1.807) is 36.4 Å². The highest BCUT2D eigenvalue weighted by Gasteiger charge is 2.16. The van der Waals surface area contributed by atoms with E-state index in [0.717, 1.165) is 16.1 Å². The summed E-state index contributed by atoms with van der Waals surface area (Å²) in [6.45, 7) is 1.40. The maximum absolute atomic E-state index is 12.0. The zero-order valence-electron chi connectivity index (χ0n) is 13.5. The summed E-state index contributed by atoms with van der Waals surface area (Å²) in [5.41, 5.74) is 1.24. The van der Waals surface area contributed by atoms with Crippen LogP contribution in [0.25, 0.3) is 0 Å². The predicted molar refractivity (Wildman–Crippen MR) is 97.6 cm³/mol. The normalized spacial score (nSPS) is 11.6. The lowest BCUT2D eigenvalue weighted by Gasteiger charge is -2.20. The van der Waals surface area contributed by atoms with E-state index < -0.39 is 11.3 Å². The van der Waals surface area contributed by atoms with Crippen LogP contribution in [0.5, 0.6) is 5.88 Å². The molecule has 1 heterocycles. The number of hydrogen-bond acceptors (Lipinski definition) is 6. The van der Waals surface area contributed by atoms with E-state index in [4.69, 9.17) is 4.74 Å². The van der Waals surface area contributed by atoms with E-state index >= 15 is 0 Å². The number of benzene rings is 1. The molecule has 25 heavy (non-hydrogen) atoms. The Morgan fingerprint density at radius 2 is 1.84 bits per heavy atom. The van der Waals surface area contributed by atoms with Gasteiger partial charge in [-0.15, -0.1) is 0 Å². The number of Topliss-reactive ketones (excluding diaryl/α,β-unsaturated/α-hetero) is 1. The minimum absolute atomic E-state index is 0.0622. The highest BCUT2D eigenvalue weighted by molar-refractivity contribution is 8.14. The first-order valence-electron chi connectivity index (χ1n) is 7.10. The highest BCUT2D eigenvalue weighted by atomic mass is 32.2. The molecule has 2 aromatic rings. The number of ether oxygens (including phenoxy) is 1. The fraction of sp³-hybridized carbons (Fsp3) is 0.188. The van der Waals surface area contributed by atoms with Crippen molar-refractivity contribution >= 4 is 45.3 Å². The summed E-state index contributed by atoms with van der Waals surface area (Å²) in [5.74, 6) is 0.262. The number of hydrogen-bond donors (Lipinski definition) is 1. The number of methoxy groups -OCH3 is 1. The Kier molecular flexibility index (Phi) is 6.68. The Bertz CT molecular complexity index is 778. The zero-order valence-corrected chi connectivity index (χ0v) is 15.2. The average Bonchev–Trinajstić information content (AvgIpc) is 2.60.